The molecular weight excluding hydrogens is 681 g/mol. The lowest BCUT2D eigenvalue weighted by Crippen LogP contribution is -2.37. The van der Waals surface area contributed by atoms with E-state index in [4.69, 9.17) is 34.6 Å². The van der Waals surface area contributed by atoms with Gasteiger partial charge in [0.1, 0.15) is 24.4 Å². The zero-order chi connectivity index (χ0) is 32.0. The second-order valence-corrected chi connectivity index (χ2v) is 16.4. The number of thiol groups is 1. The second-order valence-electron chi connectivity index (χ2n) is 10.8. The third kappa shape index (κ3) is 5.33. The first-order chi connectivity index (χ1) is 21.2. The summed E-state index contributed by atoms with van der Waals surface area (Å²) in [5, 5.41) is 11.2. The van der Waals surface area contributed by atoms with Crippen molar-refractivity contribution in [3.05, 3.63) is 46.0 Å². The first-order valence-corrected chi connectivity index (χ1v) is 18.6. The summed E-state index contributed by atoms with van der Waals surface area (Å²) in [6.45, 7) is -9.27. The van der Waals surface area contributed by atoms with Gasteiger partial charge in [-0.1, -0.05) is 12.2 Å². The van der Waals surface area contributed by atoms with Gasteiger partial charge < -0.3 is 33.0 Å². The van der Waals surface area contributed by atoms with E-state index >= 15 is 4.39 Å². The van der Waals surface area contributed by atoms with E-state index in [9.17, 15) is 24.2 Å². The molecule has 242 valence electrons. The molecule has 45 heavy (non-hydrogen) atoms. The molecule has 2 aliphatic heterocycles. The number of alkyl halides is 1. The van der Waals surface area contributed by atoms with E-state index in [0.29, 0.717) is 0 Å². The zero-order valence-electron chi connectivity index (χ0n) is 23.2. The molecule has 7 rings (SSSR count). The number of nitrogens with zero attached hydrogens (tertiary/aromatic N) is 8. The van der Waals surface area contributed by atoms with Crippen LogP contribution in [-0.2, 0) is 53.3 Å². The summed E-state index contributed by atoms with van der Waals surface area (Å²) in [6, 6.07) is -0.904. The van der Waals surface area contributed by atoms with E-state index in [2.05, 4.69) is 32.2 Å². The Morgan fingerprint density at radius 3 is 2.18 bits per heavy atom. The minimum atomic E-state index is -4.33. The van der Waals surface area contributed by atoms with Gasteiger partial charge in [0, 0.05) is 20.5 Å². The maximum absolute atomic E-state index is 16.1. The van der Waals surface area contributed by atoms with Crippen molar-refractivity contribution in [1.82, 2.24) is 38.2 Å². The molecule has 3 fully saturated rings. The lowest BCUT2D eigenvalue weighted by molar-refractivity contribution is -0.0539. The SMILES string of the molecule is Cn1cnc2c(ncn2[C@@H]2C[C@@H]3OP(O)(=S)O[C@H]4[C@H](F)[C@H](n5cnc6c(=O)n(C)cnc65)O[C@@H]4COP(=O)(S)O[C@@H]2[C@@H]3O)c1=O. The molecule has 0 spiro atoms. The van der Waals surface area contributed by atoms with Crippen LogP contribution in [0.2, 0.25) is 0 Å². The van der Waals surface area contributed by atoms with Crippen molar-refractivity contribution >= 4 is 59.9 Å². The Balaban J connectivity index is 1.22. The lowest BCUT2D eigenvalue weighted by Gasteiger charge is -2.30. The van der Waals surface area contributed by atoms with E-state index in [1.54, 1.807) is 0 Å². The number of halogens is 1. The summed E-state index contributed by atoms with van der Waals surface area (Å²) < 4.78 is 63.1. The van der Waals surface area contributed by atoms with Crippen molar-refractivity contribution < 1.29 is 41.8 Å². The summed E-state index contributed by atoms with van der Waals surface area (Å²) >= 11 is 9.32. The molecule has 0 aromatic carbocycles. The van der Waals surface area contributed by atoms with Gasteiger partial charge in [-0.3, -0.25) is 27.7 Å². The molecule has 10 atom stereocenters. The third-order valence-electron chi connectivity index (χ3n) is 7.94. The first-order valence-electron chi connectivity index (χ1n) is 13.3. The van der Waals surface area contributed by atoms with Crippen LogP contribution in [0.4, 0.5) is 4.39 Å². The number of aliphatic hydroxyl groups excluding tert-OH is 1. The molecule has 1 aliphatic carbocycles. The fraction of sp³-hybridized carbons (Fsp3) is 0.545. The van der Waals surface area contributed by atoms with Crippen LogP contribution in [0.15, 0.2) is 34.9 Å². The molecule has 3 aliphatic rings. The van der Waals surface area contributed by atoms with Crippen molar-refractivity contribution in [1.29, 1.82) is 0 Å². The monoisotopic (exact) mass is 706 g/mol. The van der Waals surface area contributed by atoms with Crippen molar-refractivity contribution in [2.24, 2.45) is 14.1 Å². The van der Waals surface area contributed by atoms with Gasteiger partial charge in [-0.05, 0) is 11.8 Å². The normalized spacial score (nSPS) is 37.5. The Kier molecular flexibility index (Phi) is 7.69. The highest BCUT2D eigenvalue weighted by molar-refractivity contribution is 8.44. The van der Waals surface area contributed by atoms with Crippen LogP contribution in [0.5, 0.6) is 0 Å². The van der Waals surface area contributed by atoms with Crippen molar-refractivity contribution in [3.8, 4) is 0 Å². The number of ether oxygens (including phenoxy) is 1. The number of aromatic nitrogens is 8. The van der Waals surface area contributed by atoms with Gasteiger partial charge in [0.05, 0.1) is 44.1 Å². The van der Waals surface area contributed by atoms with E-state index in [0.717, 1.165) is 0 Å². The highest BCUT2D eigenvalue weighted by Crippen LogP contribution is 2.60. The number of hydrogen-bond donors (Lipinski definition) is 3. The number of aryl methyl sites for hydroxylation is 2. The van der Waals surface area contributed by atoms with Crippen LogP contribution in [0.3, 0.4) is 0 Å². The summed E-state index contributed by atoms with van der Waals surface area (Å²) in [7, 11) is 2.99. The Morgan fingerprint density at radius 1 is 0.933 bits per heavy atom. The predicted molar refractivity (Wildman–Crippen MR) is 158 cm³/mol. The van der Waals surface area contributed by atoms with Gasteiger partial charge >= 0.3 is 13.5 Å². The highest BCUT2D eigenvalue weighted by Gasteiger charge is 2.54. The van der Waals surface area contributed by atoms with E-state index in [-0.39, 0.29) is 28.7 Å². The predicted octanol–water partition coefficient (Wildman–Crippen LogP) is 0.255. The minimum absolute atomic E-state index is 0.0257. The van der Waals surface area contributed by atoms with E-state index < -0.39 is 80.2 Å². The van der Waals surface area contributed by atoms with Gasteiger partial charge in [0.25, 0.3) is 11.1 Å². The lowest BCUT2D eigenvalue weighted by atomic mass is 10.1. The molecule has 6 heterocycles. The fourth-order valence-corrected chi connectivity index (χ4v) is 9.05. The van der Waals surface area contributed by atoms with Crippen LogP contribution in [0, 0.1) is 0 Å². The Hall–Kier alpha value is -2.42. The van der Waals surface area contributed by atoms with Gasteiger partial charge in [-0.25, -0.2) is 28.9 Å². The average molecular weight is 707 g/mol. The number of rotatable bonds is 2. The molecule has 23 heteroatoms. The topological polar surface area (TPSA) is 209 Å². The Morgan fingerprint density at radius 2 is 1.53 bits per heavy atom. The van der Waals surface area contributed by atoms with Crippen LogP contribution in [0.1, 0.15) is 18.7 Å². The van der Waals surface area contributed by atoms with Gasteiger partial charge in [-0.2, -0.15) is 0 Å². The molecule has 0 amide bonds. The fourth-order valence-electron chi connectivity index (χ4n) is 5.76. The molecule has 2 saturated heterocycles. The summed E-state index contributed by atoms with van der Waals surface area (Å²) in [5.41, 5.74) is -0.729. The summed E-state index contributed by atoms with van der Waals surface area (Å²) in [4.78, 5) is 52.7. The number of fused-ring (bicyclic) bond motifs is 5. The molecule has 2 bridgehead atoms. The van der Waals surface area contributed by atoms with Crippen LogP contribution < -0.4 is 11.1 Å². The van der Waals surface area contributed by atoms with Gasteiger partial charge in [0.2, 0.25) is 0 Å². The Bertz CT molecular complexity index is 2040. The quantitative estimate of drug-likeness (QED) is 0.189. The highest BCUT2D eigenvalue weighted by atomic mass is 32.7. The number of hydrogen-bond acceptors (Lipinski definition) is 14. The molecule has 0 radical (unpaired) electrons. The maximum Gasteiger partial charge on any atom is 0.386 e. The molecule has 4 aromatic rings. The van der Waals surface area contributed by atoms with E-state index in [1.165, 1.54) is 57.7 Å². The van der Waals surface area contributed by atoms with Crippen LogP contribution >= 0.6 is 25.8 Å². The Labute approximate surface area is 261 Å². The van der Waals surface area contributed by atoms with Gasteiger partial charge in [-0.15, -0.1) is 0 Å². The molecule has 4 aromatic heterocycles. The van der Waals surface area contributed by atoms with Crippen molar-refractivity contribution in [2.75, 3.05) is 6.61 Å². The number of aliphatic hydroxyl groups is 1. The molecular formula is C22H25FN8O10P2S2. The minimum Gasteiger partial charge on any atom is -0.388 e. The molecule has 2 N–H and O–H groups in total. The molecule has 18 nitrogen and oxygen atoms in total. The maximum atomic E-state index is 16.1. The summed E-state index contributed by atoms with van der Waals surface area (Å²) in [6.07, 6.45) is -5.81. The average Bonchev–Trinajstić information content (AvgIpc) is 3.73. The van der Waals surface area contributed by atoms with Crippen LogP contribution in [-0.4, -0.2) is 91.5 Å². The molecule has 2 unspecified atom stereocenters. The smallest absolute Gasteiger partial charge is 0.386 e. The third-order valence-corrected chi connectivity index (χ3v) is 11.1. The number of imidazole rings is 2. The molecule has 1 saturated carbocycles. The first kappa shape index (κ1) is 31.2. The summed E-state index contributed by atoms with van der Waals surface area (Å²) in [5.74, 6) is 0. The van der Waals surface area contributed by atoms with Crippen molar-refractivity contribution in [3.63, 3.8) is 0 Å². The standard InChI is InChI=1S/C22H25FN8O10P2S2/c1-28-5-26-18-13(20(28)33)24-7-30(18)9-3-10-15(32)16(9)40-42(35,44)37-4-11-17(41-43(36,45)39-10)12(23)22(38-11)31-8-25-14-19(31)27-6-29(2)21(14)34/h5-12,15-17,22,32H,3-4H2,1-2H3,(H,35,44)(H,36,45)/t9-,10+,11-,12+,15-,16+,17-,22-,42?,43?/m1/s1. The largest absolute Gasteiger partial charge is 0.388 e. The zero-order valence-corrected chi connectivity index (χ0v) is 26.7. The van der Waals surface area contributed by atoms with Gasteiger partial charge in [0.15, 0.2) is 34.7 Å². The van der Waals surface area contributed by atoms with E-state index in [1.807, 2.05) is 0 Å². The van der Waals surface area contributed by atoms with Crippen LogP contribution in [0.25, 0.3) is 22.3 Å². The second kappa shape index (κ2) is 11.1. The van der Waals surface area contributed by atoms with Crippen molar-refractivity contribution in [2.45, 2.75) is 55.4 Å².